The van der Waals surface area contributed by atoms with Gasteiger partial charge in [0.1, 0.15) is 0 Å². The third-order valence-corrected chi connectivity index (χ3v) is 3.46. The Balaban J connectivity index is 2.94. The number of Topliss-reactive ketones (excluding diaryl/α,β-unsaturated/α-hetero) is 1. The van der Waals surface area contributed by atoms with Crippen LogP contribution in [0.4, 0.5) is 13.2 Å². The topological polar surface area (TPSA) is 20.3 Å². The molecule has 1 aromatic rings. The molecule has 1 unspecified atom stereocenters. The van der Waals surface area contributed by atoms with E-state index in [0.717, 1.165) is 4.90 Å². The van der Waals surface area contributed by atoms with E-state index in [4.69, 9.17) is 23.2 Å². The van der Waals surface area contributed by atoms with Gasteiger partial charge in [0.05, 0.1) is 17.6 Å². The third kappa shape index (κ3) is 4.65. The number of hydrogen-bond donors (Lipinski definition) is 0. The third-order valence-electron chi connectivity index (χ3n) is 2.91. The largest absolute Gasteiger partial charge is 0.401 e. The second-order valence-corrected chi connectivity index (χ2v) is 5.19. The monoisotopic (exact) mass is 327 g/mol. The number of halogens is 5. The fourth-order valence-corrected chi connectivity index (χ4v) is 2.33. The number of likely N-dealkylation sites (N-methyl/N-ethyl adjacent to an activating group) is 1. The van der Waals surface area contributed by atoms with E-state index in [2.05, 4.69) is 0 Å². The Morgan fingerprint density at radius 1 is 1.35 bits per heavy atom. The van der Waals surface area contributed by atoms with Gasteiger partial charge in [-0.25, -0.2) is 0 Å². The summed E-state index contributed by atoms with van der Waals surface area (Å²) in [4.78, 5) is 13.3. The summed E-state index contributed by atoms with van der Waals surface area (Å²) >= 11 is 11.6. The van der Waals surface area contributed by atoms with Crippen molar-refractivity contribution in [1.29, 1.82) is 0 Å². The van der Waals surface area contributed by atoms with E-state index in [1.807, 2.05) is 0 Å². The molecule has 0 aliphatic rings. The number of carbonyl (C=O) groups is 1. The van der Waals surface area contributed by atoms with Crippen molar-refractivity contribution >= 4 is 29.0 Å². The first kappa shape index (κ1) is 17.3. The van der Waals surface area contributed by atoms with E-state index >= 15 is 0 Å². The number of hydrogen-bond acceptors (Lipinski definition) is 2. The minimum Gasteiger partial charge on any atom is -0.292 e. The Hall–Kier alpha value is -0.780. The number of alkyl halides is 3. The van der Waals surface area contributed by atoms with Gasteiger partial charge in [0.2, 0.25) is 0 Å². The predicted molar refractivity (Wildman–Crippen MR) is 73.6 cm³/mol. The smallest absolute Gasteiger partial charge is 0.292 e. The first-order valence-electron chi connectivity index (χ1n) is 5.95. The summed E-state index contributed by atoms with van der Waals surface area (Å²) in [7, 11) is 0. The lowest BCUT2D eigenvalue weighted by Gasteiger charge is -2.27. The molecule has 7 heteroatoms. The fraction of sp³-hybridized carbons (Fsp3) is 0.462. The van der Waals surface area contributed by atoms with Crippen molar-refractivity contribution < 1.29 is 18.0 Å². The molecule has 0 saturated carbocycles. The van der Waals surface area contributed by atoms with Crippen molar-refractivity contribution in [2.75, 3.05) is 13.1 Å². The van der Waals surface area contributed by atoms with Gasteiger partial charge in [-0.2, -0.15) is 13.2 Å². The summed E-state index contributed by atoms with van der Waals surface area (Å²) in [5.41, 5.74) is 0.171. The molecule has 0 N–H and O–H groups in total. The molecule has 0 aromatic heterocycles. The fourth-order valence-electron chi connectivity index (χ4n) is 1.83. The van der Waals surface area contributed by atoms with E-state index < -0.39 is 24.5 Å². The Morgan fingerprint density at radius 3 is 2.40 bits per heavy atom. The average Bonchev–Trinajstić information content (AvgIpc) is 2.33. The van der Waals surface area contributed by atoms with Crippen molar-refractivity contribution in [1.82, 2.24) is 4.90 Å². The van der Waals surface area contributed by atoms with E-state index in [1.54, 1.807) is 6.92 Å². The Bertz CT molecular complexity index is 491. The van der Waals surface area contributed by atoms with Gasteiger partial charge < -0.3 is 0 Å². The molecule has 20 heavy (non-hydrogen) atoms. The lowest BCUT2D eigenvalue weighted by atomic mass is 10.0. The Morgan fingerprint density at radius 2 is 1.95 bits per heavy atom. The Labute approximate surface area is 125 Å². The maximum absolute atomic E-state index is 12.5. The van der Waals surface area contributed by atoms with Crippen LogP contribution in [0.2, 0.25) is 10.0 Å². The molecule has 2 nitrogen and oxygen atoms in total. The summed E-state index contributed by atoms with van der Waals surface area (Å²) in [6.07, 6.45) is -4.35. The van der Waals surface area contributed by atoms with Crippen LogP contribution in [-0.2, 0) is 0 Å². The zero-order valence-corrected chi connectivity index (χ0v) is 12.5. The molecule has 1 rings (SSSR count). The van der Waals surface area contributed by atoms with Crippen LogP contribution in [-0.4, -0.2) is 36.0 Å². The van der Waals surface area contributed by atoms with Crippen LogP contribution in [0.5, 0.6) is 0 Å². The quantitative estimate of drug-likeness (QED) is 0.745. The van der Waals surface area contributed by atoms with Crippen molar-refractivity contribution in [2.45, 2.75) is 26.1 Å². The van der Waals surface area contributed by atoms with Gasteiger partial charge in [0.15, 0.2) is 5.78 Å². The second kappa shape index (κ2) is 6.78. The molecule has 1 atom stereocenters. The number of ketones is 1. The molecule has 0 radical (unpaired) electrons. The maximum atomic E-state index is 12.5. The highest BCUT2D eigenvalue weighted by atomic mass is 35.5. The van der Waals surface area contributed by atoms with E-state index in [1.165, 1.54) is 25.1 Å². The lowest BCUT2D eigenvalue weighted by molar-refractivity contribution is -0.147. The van der Waals surface area contributed by atoms with Crippen LogP contribution in [0.25, 0.3) is 0 Å². The standard InChI is InChI=1S/C13H14Cl2F3NO/c1-3-19(7-13(16,17)18)8(2)12(20)10-5-4-9(14)6-11(10)15/h4-6,8H,3,7H2,1-2H3. The van der Waals surface area contributed by atoms with E-state index in [0.29, 0.717) is 5.02 Å². The molecular weight excluding hydrogens is 314 g/mol. The van der Waals surface area contributed by atoms with Crippen molar-refractivity contribution in [2.24, 2.45) is 0 Å². The van der Waals surface area contributed by atoms with Gasteiger partial charge in [-0.1, -0.05) is 30.1 Å². The predicted octanol–water partition coefficient (Wildman–Crippen LogP) is 4.45. The van der Waals surface area contributed by atoms with Gasteiger partial charge in [0, 0.05) is 10.6 Å². The van der Waals surface area contributed by atoms with Gasteiger partial charge >= 0.3 is 6.18 Å². The minimum atomic E-state index is -4.35. The zero-order valence-electron chi connectivity index (χ0n) is 11.0. The molecule has 0 heterocycles. The van der Waals surface area contributed by atoms with Crippen LogP contribution in [0.15, 0.2) is 18.2 Å². The molecule has 0 saturated heterocycles. The molecule has 0 aliphatic heterocycles. The summed E-state index contributed by atoms with van der Waals surface area (Å²) < 4.78 is 37.4. The lowest BCUT2D eigenvalue weighted by Crippen LogP contribution is -2.44. The summed E-state index contributed by atoms with van der Waals surface area (Å²) in [5, 5.41) is 0.499. The zero-order chi connectivity index (χ0) is 15.5. The first-order valence-corrected chi connectivity index (χ1v) is 6.71. The van der Waals surface area contributed by atoms with E-state index in [9.17, 15) is 18.0 Å². The van der Waals surface area contributed by atoms with Crippen LogP contribution in [0, 0.1) is 0 Å². The average molecular weight is 328 g/mol. The van der Waals surface area contributed by atoms with Gasteiger partial charge in [-0.15, -0.1) is 0 Å². The molecule has 0 aliphatic carbocycles. The highest BCUT2D eigenvalue weighted by Gasteiger charge is 2.34. The highest BCUT2D eigenvalue weighted by molar-refractivity contribution is 6.37. The Kier molecular flexibility index (Phi) is 5.86. The molecule has 112 valence electrons. The van der Waals surface area contributed by atoms with Crippen molar-refractivity contribution in [3.05, 3.63) is 33.8 Å². The molecular formula is C13H14Cl2F3NO. The molecule has 0 bridgehead atoms. The van der Waals surface area contributed by atoms with Gasteiger partial charge in [-0.05, 0) is 31.7 Å². The molecule has 0 spiro atoms. The summed E-state index contributed by atoms with van der Waals surface area (Å²) in [6, 6.07) is 3.38. The summed E-state index contributed by atoms with van der Waals surface area (Å²) in [5.74, 6) is -0.460. The second-order valence-electron chi connectivity index (χ2n) is 4.34. The normalized spacial score (nSPS) is 13.6. The van der Waals surface area contributed by atoms with Crippen molar-refractivity contribution in [3.63, 3.8) is 0 Å². The van der Waals surface area contributed by atoms with Crippen LogP contribution < -0.4 is 0 Å². The first-order chi connectivity index (χ1) is 9.15. The molecule has 0 fully saturated rings. The van der Waals surface area contributed by atoms with E-state index in [-0.39, 0.29) is 17.1 Å². The highest BCUT2D eigenvalue weighted by Crippen LogP contribution is 2.24. The maximum Gasteiger partial charge on any atom is 0.401 e. The minimum absolute atomic E-state index is 0.109. The van der Waals surface area contributed by atoms with Crippen molar-refractivity contribution in [3.8, 4) is 0 Å². The number of rotatable bonds is 5. The number of nitrogens with zero attached hydrogens (tertiary/aromatic N) is 1. The number of carbonyl (C=O) groups excluding carboxylic acids is 1. The summed E-state index contributed by atoms with van der Waals surface area (Å²) in [6.45, 7) is 1.97. The van der Waals surface area contributed by atoms with Crippen LogP contribution in [0.1, 0.15) is 24.2 Å². The van der Waals surface area contributed by atoms with Gasteiger partial charge in [0.25, 0.3) is 0 Å². The van der Waals surface area contributed by atoms with Crippen LogP contribution >= 0.6 is 23.2 Å². The number of benzene rings is 1. The molecule has 1 aromatic carbocycles. The van der Waals surface area contributed by atoms with Gasteiger partial charge in [-0.3, -0.25) is 9.69 Å². The molecule has 0 amide bonds. The van der Waals surface area contributed by atoms with Crippen LogP contribution in [0.3, 0.4) is 0 Å². The SMILES string of the molecule is CCN(CC(F)(F)F)C(C)C(=O)c1ccc(Cl)cc1Cl.